The molecule has 4 rings (SSSR count). The lowest BCUT2D eigenvalue weighted by Crippen LogP contribution is -2.14. The normalized spacial score (nSPS) is 12.1. The summed E-state index contributed by atoms with van der Waals surface area (Å²) in [5.41, 5.74) is 8.10. The molecule has 0 radical (unpaired) electrons. The van der Waals surface area contributed by atoms with Crippen LogP contribution in [0, 0.1) is 0 Å². The zero-order chi connectivity index (χ0) is 26.8. The number of phenolic OH excluding ortho intramolecular Hbond substituents is 2. The number of hydrogen-bond donors (Lipinski definition) is 2. The second-order valence-electron chi connectivity index (χ2n) is 12.3. The molecular weight excluding hydrogens is 452 g/mol. The minimum Gasteiger partial charge on any atom is -0.507 e. The van der Waals surface area contributed by atoms with Gasteiger partial charge in [-0.25, -0.2) is 0 Å². The van der Waals surface area contributed by atoms with Crippen molar-refractivity contribution in [2.24, 2.45) is 0 Å². The number of rotatable bonds is 6. The molecule has 0 spiro atoms. The maximum Gasteiger partial charge on any atom is 0.122 e. The van der Waals surface area contributed by atoms with E-state index in [9.17, 15) is 10.2 Å². The highest BCUT2D eigenvalue weighted by Gasteiger charge is 2.23. The van der Waals surface area contributed by atoms with E-state index in [0.717, 1.165) is 33.4 Å². The molecule has 2 heteroatoms. The molecule has 0 aliphatic carbocycles. The molecule has 37 heavy (non-hydrogen) atoms. The minimum atomic E-state index is -0.0678. The van der Waals surface area contributed by atoms with Crippen LogP contribution in [0.15, 0.2) is 84.9 Å². The van der Waals surface area contributed by atoms with E-state index in [-0.39, 0.29) is 10.8 Å². The number of benzene rings is 4. The molecule has 0 saturated carbocycles. The summed E-state index contributed by atoms with van der Waals surface area (Å²) < 4.78 is 0. The van der Waals surface area contributed by atoms with Crippen LogP contribution >= 0.6 is 0 Å². The van der Waals surface area contributed by atoms with E-state index < -0.39 is 0 Å². The highest BCUT2D eigenvalue weighted by atomic mass is 16.3. The minimum absolute atomic E-state index is 0.0678. The Bertz CT molecular complexity index is 1250. The van der Waals surface area contributed by atoms with Gasteiger partial charge in [-0.2, -0.15) is 0 Å². The summed E-state index contributed by atoms with van der Waals surface area (Å²) in [5.74, 6) is 0.643. The fraction of sp³-hybridized carbons (Fsp3) is 0.314. The highest BCUT2D eigenvalue weighted by molar-refractivity contribution is 5.54. The van der Waals surface area contributed by atoms with Crippen LogP contribution in [0.5, 0.6) is 11.5 Å². The van der Waals surface area contributed by atoms with Gasteiger partial charge in [0.05, 0.1) is 0 Å². The smallest absolute Gasteiger partial charge is 0.122 e. The first-order chi connectivity index (χ1) is 17.4. The Labute approximate surface area is 222 Å². The average Bonchev–Trinajstić information content (AvgIpc) is 2.83. The van der Waals surface area contributed by atoms with Gasteiger partial charge in [-0.1, -0.05) is 126 Å². The molecule has 0 amide bonds. The van der Waals surface area contributed by atoms with Crippen LogP contribution < -0.4 is 0 Å². The second-order valence-corrected chi connectivity index (χ2v) is 12.3. The molecule has 4 aromatic rings. The third kappa shape index (κ3) is 6.43. The predicted octanol–water partition coefficient (Wildman–Crippen LogP) is 8.47. The van der Waals surface area contributed by atoms with Crippen molar-refractivity contribution in [2.75, 3.05) is 0 Å². The summed E-state index contributed by atoms with van der Waals surface area (Å²) in [6.45, 7) is 13.2. The zero-order valence-corrected chi connectivity index (χ0v) is 23.1. The second kappa shape index (κ2) is 10.5. The average molecular weight is 493 g/mol. The van der Waals surface area contributed by atoms with Gasteiger partial charge in [0, 0.05) is 19.3 Å². The first-order valence-corrected chi connectivity index (χ1v) is 13.2. The molecule has 0 bridgehead atoms. The summed E-state index contributed by atoms with van der Waals surface area (Å²) in [5, 5.41) is 22.9. The van der Waals surface area contributed by atoms with Crippen molar-refractivity contribution in [3.8, 4) is 11.5 Å². The van der Waals surface area contributed by atoms with Gasteiger partial charge < -0.3 is 10.2 Å². The van der Waals surface area contributed by atoms with Crippen molar-refractivity contribution < 1.29 is 10.2 Å². The van der Waals surface area contributed by atoms with E-state index in [1.54, 1.807) is 0 Å². The molecule has 192 valence electrons. The molecule has 2 nitrogen and oxygen atoms in total. The molecule has 2 N–H and O–H groups in total. The topological polar surface area (TPSA) is 40.5 Å². The molecule has 0 aromatic heterocycles. The molecule has 0 heterocycles. The molecule has 0 aliphatic rings. The van der Waals surface area contributed by atoms with Gasteiger partial charge in [-0.15, -0.1) is 0 Å². The predicted molar refractivity (Wildman–Crippen MR) is 155 cm³/mol. The third-order valence-electron chi connectivity index (χ3n) is 7.12. The van der Waals surface area contributed by atoms with Crippen LogP contribution in [0.3, 0.4) is 0 Å². The standard InChI is InChI=1S/C35H40O2/c1-34(2,3)30-20-26(17-24-13-9-7-10-14-24)32(36)28(22-30)19-29-23-31(35(4,5)6)21-27(33(29)37)18-25-15-11-8-12-16-25/h7-16,20-23,36-37H,17-19H2,1-6H3. The molecule has 4 aromatic carbocycles. The van der Waals surface area contributed by atoms with Crippen molar-refractivity contribution in [2.45, 2.75) is 71.6 Å². The van der Waals surface area contributed by atoms with Crippen LogP contribution in [0.25, 0.3) is 0 Å². The fourth-order valence-electron chi connectivity index (χ4n) is 4.76. The van der Waals surface area contributed by atoms with Gasteiger partial charge in [0.2, 0.25) is 0 Å². The van der Waals surface area contributed by atoms with Gasteiger partial charge in [0.15, 0.2) is 0 Å². The Kier molecular flexibility index (Phi) is 7.50. The van der Waals surface area contributed by atoms with Gasteiger partial charge >= 0.3 is 0 Å². The zero-order valence-electron chi connectivity index (χ0n) is 23.1. The summed E-state index contributed by atoms with van der Waals surface area (Å²) in [6, 6.07) is 29.0. The van der Waals surface area contributed by atoms with E-state index >= 15 is 0 Å². The van der Waals surface area contributed by atoms with E-state index in [2.05, 4.69) is 90.1 Å². The Balaban J connectivity index is 1.81. The Morgan fingerprint density at radius 3 is 1.05 bits per heavy atom. The SMILES string of the molecule is CC(C)(C)c1cc(Cc2ccccc2)c(O)c(Cc2cc(C(C)(C)C)cc(Cc3ccccc3)c2O)c1. The highest BCUT2D eigenvalue weighted by Crippen LogP contribution is 2.38. The van der Waals surface area contributed by atoms with Gasteiger partial charge in [-0.05, 0) is 55.3 Å². The summed E-state index contributed by atoms with van der Waals surface area (Å²) in [6.07, 6.45) is 1.79. The van der Waals surface area contributed by atoms with Crippen LogP contribution in [0.2, 0.25) is 0 Å². The van der Waals surface area contributed by atoms with Crippen molar-refractivity contribution in [1.82, 2.24) is 0 Å². The summed E-state index contributed by atoms with van der Waals surface area (Å²) in [4.78, 5) is 0. The molecule has 0 aliphatic heterocycles. The largest absolute Gasteiger partial charge is 0.507 e. The van der Waals surface area contributed by atoms with Crippen molar-refractivity contribution >= 4 is 0 Å². The van der Waals surface area contributed by atoms with Crippen molar-refractivity contribution in [1.29, 1.82) is 0 Å². The van der Waals surface area contributed by atoms with Crippen molar-refractivity contribution in [3.63, 3.8) is 0 Å². The summed E-state index contributed by atoms with van der Waals surface area (Å²) >= 11 is 0. The van der Waals surface area contributed by atoms with Crippen LogP contribution in [-0.4, -0.2) is 10.2 Å². The van der Waals surface area contributed by atoms with E-state index in [0.29, 0.717) is 30.8 Å². The summed E-state index contributed by atoms with van der Waals surface area (Å²) in [7, 11) is 0. The molecule has 0 fully saturated rings. The Hall–Kier alpha value is -3.52. The lowest BCUT2D eigenvalue weighted by molar-refractivity contribution is 0.455. The number of hydrogen-bond acceptors (Lipinski definition) is 2. The lowest BCUT2D eigenvalue weighted by atomic mass is 9.81. The van der Waals surface area contributed by atoms with Gasteiger partial charge in [-0.3, -0.25) is 0 Å². The van der Waals surface area contributed by atoms with E-state index in [1.807, 2.05) is 36.4 Å². The molecule has 0 atom stereocenters. The van der Waals surface area contributed by atoms with Gasteiger partial charge in [0.1, 0.15) is 11.5 Å². The quantitative estimate of drug-likeness (QED) is 0.283. The fourth-order valence-corrected chi connectivity index (χ4v) is 4.76. The number of phenols is 2. The number of aromatic hydroxyl groups is 2. The van der Waals surface area contributed by atoms with Gasteiger partial charge in [0.25, 0.3) is 0 Å². The third-order valence-corrected chi connectivity index (χ3v) is 7.12. The maximum atomic E-state index is 11.4. The van der Waals surface area contributed by atoms with E-state index in [1.165, 1.54) is 11.1 Å². The van der Waals surface area contributed by atoms with Crippen LogP contribution in [-0.2, 0) is 30.1 Å². The monoisotopic (exact) mass is 492 g/mol. The molecule has 0 unspecified atom stereocenters. The first kappa shape index (κ1) is 26.5. The van der Waals surface area contributed by atoms with Crippen LogP contribution in [0.4, 0.5) is 0 Å². The Morgan fingerprint density at radius 1 is 0.459 bits per heavy atom. The Morgan fingerprint density at radius 2 is 0.757 bits per heavy atom. The molecule has 0 saturated heterocycles. The maximum absolute atomic E-state index is 11.4. The molecular formula is C35H40O2. The first-order valence-electron chi connectivity index (χ1n) is 13.2. The lowest BCUT2D eigenvalue weighted by Gasteiger charge is -2.24. The van der Waals surface area contributed by atoms with Crippen LogP contribution in [0.1, 0.15) is 86.1 Å². The van der Waals surface area contributed by atoms with E-state index in [4.69, 9.17) is 0 Å². The van der Waals surface area contributed by atoms with Crippen molar-refractivity contribution in [3.05, 3.63) is 129 Å².